The second kappa shape index (κ2) is 9.07. The monoisotopic (exact) mass is 325 g/mol. The number of thioether (sulfide) groups is 1. The third-order valence-corrected chi connectivity index (χ3v) is 6.14. The SMILES string of the molecule is CCCC1CCC(NCC)C(SCc2ccc(Cl)cc2)C1. The van der Waals surface area contributed by atoms with Crippen molar-refractivity contribution >= 4 is 23.4 Å². The van der Waals surface area contributed by atoms with Crippen molar-refractivity contribution in [2.24, 2.45) is 5.92 Å². The largest absolute Gasteiger partial charge is 0.313 e. The minimum absolute atomic E-state index is 0.695. The highest BCUT2D eigenvalue weighted by Crippen LogP contribution is 2.36. The van der Waals surface area contributed by atoms with Crippen molar-refractivity contribution < 1.29 is 0 Å². The van der Waals surface area contributed by atoms with E-state index in [9.17, 15) is 0 Å². The Labute approximate surface area is 139 Å². The lowest BCUT2D eigenvalue weighted by atomic mass is 9.83. The lowest BCUT2D eigenvalue weighted by molar-refractivity contribution is 0.289. The second-order valence-electron chi connectivity index (χ2n) is 6.11. The van der Waals surface area contributed by atoms with Crippen molar-refractivity contribution in [3.05, 3.63) is 34.9 Å². The van der Waals surface area contributed by atoms with Crippen LogP contribution in [0.15, 0.2) is 24.3 Å². The van der Waals surface area contributed by atoms with Crippen LogP contribution in [0.2, 0.25) is 5.02 Å². The molecule has 1 fully saturated rings. The standard InChI is InChI=1S/C18H28ClNS/c1-3-5-14-8-11-17(20-4-2)18(12-14)21-13-15-6-9-16(19)10-7-15/h6-7,9-10,14,17-18,20H,3-5,8,11-13H2,1-2H3. The zero-order chi connectivity index (χ0) is 15.1. The zero-order valence-electron chi connectivity index (χ0n) is 13.3. The average Bonchev–Trinajstić information content (AvgIpc) is 2.49. The van der Waals surface area contributed by atoms with Crippen LogP contribution in [-0.4, -0.2) is 17.8 Å². The molecule has 1 saturated carbocycles. The van der Waals surface area contributed by atoms with Crippen molar-refractivity contribution in [1.82, 2.24) is 5.32 Å². The average molecular weight is 326 g/mol. The fraction of sp³-hybridized carbons (Fsp3) is 0.667. The Morgan fingerprint density at radius 3 is 2.62 bits per heavy atom. The minimum Gasteiger partial charge on any atom is -0.313 e. The van der Waals surface area contributed by atoms with E-state index in [1.807, 2.05) is 12.1 Å². The molecular formula is C18H28ClNS. The lowest BCUT2D eigenvalue weighted by Gasteiger charge is -2.36. The second-order valence-corrected chi connectivity index (χ2v) is 7.77. The molecule has 21 heavy (non-hydrogen) atoms. The van der Waals surface area contributed by atoms with Crippen LogP contribution in [-0.2, 0) is 5.75 Å². The first kappa shape index (κ1) is 17.2. The molecule has 1 aromatic rings. The third kappa shape index (κ3) is 5.50. The van der Waals surface area contributed by atoms with Crippen LogP contribution >= 0.6 is 23.4 Å². The molecule has 3 unspecified atom stereocenters. The number of halogens is 1. The van der Waals surface area contributed by atoms with Crippen LogP contribution in [0.4, 0.5) is 0 Å². The van der Waals surface area contributed by atoms with E-state index in [0.717, 1.165) is 28.5 Å². The molecule has 1 aromatic carbocycles. The van der Waals surface area contributed by atoms with E-state index < -0.39 is 0 Å². The Morgan fingerprint density at radius 1 is 1.19 bits per heavy atom. The molecule has 1 N–H and O–H groups in total. The van der Waals surface area contributed by atoms with Crippen molar-refractivity contribution in [3.63, 3.8) is 0 Å². The van der Waals surface area contributed by atoms with E-state index in [0.29, 0.717) is 6.04 Å². The van der Waals surface area contributed by atoms with Crippen LogP contribution in [0, 0.1) is 5.92 Å². The van der Waals surface area contributed by atoms with Gasteiger partial charge in [-0.05, 0) is 49.4 Å². The van der Waals surface area contributed by atoms with E-state index in [2.05, 4.69) is 43.1 Å². The Kier molecular flexibility index (Phi) is 7.42. The highest BCUT2D eigenvalue weighted by atomic mass is 35.5. The number of nitrogens with one attached hydrogen (secondary N) is 1. The van der Waals surface area contributed by atoms with Crippen LogP contribution < -0.4 is 5.32 Å². The summed E-state index contributed by atoms with van der Waals surface area (Å²) in [6, 6.07) is 9.01. The van der Waals surface area contributed by atoms with Gasteiger partial charge in [-0.25, -0.2) is 0 Å². The first-order chi connectivity index (χ1) is 10.2. The van der Waals surface area contributed by atoms with Crippen molar-refractivity contribution in [1.29, 1.82) is 0 Å². The predicted octanol–water partition coefficient (Wildman–Crippen LogP) is 5.52. The van der Waals surface area contributed by atoms with Gasteiger partial charge in [0.05, 0.1) is 0 Å². The highest BCUT2D eigenvalue weighted by molar-refractivity contribution is 7.99. The number of hydrogen-bond donors (Lipinski definition) is 1. The van der Waals surface area contributed by atoms with E-state index in [1.165, 1.54) is 37.7 Å². The highest BCUT2D eigenvalue weighted by Gasteiger charge is 2.29. The summed E-state index contributed by atoms with van der Waals surface area (Å²) >= 11 is 8.09. The van der Waals surface area contributed by atoms with Gasteiger partial charge < -0.3 is 5.32 Å². The summed E-state index contributed by atoms with van der Waals surface area (Å²) in [4.78, 5) is 0. The molecule has 0 amide bonds. The van der Waals surface area contributed by atoms with Gasteiger partial charge >= 0.3 is 0 Å². The van der Waals surface area contributed by atoms with Crippen LogP contribution in [0.3, 0.4) is 0 Å². The molecule has 1 aliphatic carbocycles. The molecule has 2 rings (SSSR count). The van der Waals surface area contributed by atoms with Crippen LogP contribution in [0.25, 0.3) is 0 Å². The van der Waals surface area contributed by atoms with Gasteiger partial charge in [0.15, 0.2) is 0 Å². The summed E-state index contributed by atoms with van der Waals surface area (Å²) < 4.78 is 0. The smallest absolute Gasteiger partial charge is 0.0406 e. The van der Waals surface area contributed by atoms with Crippen molar-refractivity contribution in [2.75, 3.05) is 6.54 Å². The Bertz CT molecular complexity index is 406. The third-order valence-electron chi connectivity index (χ3n) is 4.44. The van der Waals surface area contributed by atoms with Crippen molar-refractivity contribution in [2.45, 2.75) is 63.0 Å². The quantitative estimate of drug-likeness (QED) is 0.708. The maximum Gasteiger partial charge on any atom is 0.0406 e. The maximum atomic E-state index is 5.96. The van der Waals surface area contributed by atoms with E-state index in [1.54, 1.807) is 0 Å². The molecule has 0 heterocycles. The normalized spacial score (nSPS) is 26.0. The summed E-state index contributed by atoms with van der Waals surface area (Å²) in [5.74, 6) is 2.04. The zero-order valence-corrected chi connectivity index (χ0v) is 14.8. The number of hydrogen-bond acceptors (Lipinski definition) is 2. The van der Waals surface area contributed by atoms with E-state index in [4.69, 9.17) is 11.6 Å². The maximum absolute atomic E-state index is 5.96. The molecule has 0 bridgehead atoms. The topological polar surface area (TPSA) is 12.0 Å². The van der Waals surface area contributed by atoms with Gasteiger partial charge in [0.25, 0.3) is 0 Å². The van der Waals surface area contributed by atoms with Gasteiger partial charge in [-0.3, -0.25) is 0 Å². The van der Waals surface area contributed by atoms with Gasteiger partial charge in [0.2, 0.25) is 0 Å². The first-order valence-electron chi connectivity index (χ1n) is 8.32. The van der Waals surface area contributed by atoms with Gasteiger partial charge in [-0.2, -0.15) is 11.8 Å². The molecule has 118 valence electrons. The Hall–Kier alpha value is -0.180. The molecule has 0 aromatic heterocycles. The van der Waals surface area contributed by atoms with E-state index >= 15 is 0 Å². The van der Waals surface area contributed by atoms with E-state index in [-0.39, 0.29) is 0 Å². The van der Waals surface area contributed by atoms with Gasteiger partial charge in [0.1, 0.15) is 0 Å². The summed E-state index contributed by atoms with van der Waals surface area (Å²) in [6.45, 7) is 5.62. The van der Waals surface area contributed by atoms with Crippen LogP contribution in [0.5, 0.6) is 0 Å². The molecule has 1 nitrogen and oxygen atoms in total. The summed E-state index contributed by atoms with van der Waals surface area (Å²) in [7, 11) is 0. The molecule has 3 heteroatoms. The molecule has 3 atom stereocenters. The van der Waals surface area contributed by atoms with Gasteiger partial charge in [0, 0.05) is 22.1 Å². The predicted molar refractivity (Wildman–Crippen MR) is 96.2 cm³/mol. The molecule has 0 radical (unpaired) electrons. The Morgan fingerprint density at radius 2 is 1.95 bits per heavy atom. The fourth-order valence-electron chi connectivity index (χ4n) is 3.35. The summed E-state index contributed by atoms with van der Waals surface area (Å²) in [5, 5.41) is 5.28. The molecule has 0 spiro atoms. The lowest BCUT2D eigenvalue weighted by Crippen LogP contribution is -2.42. The molecular weight excluding hydrogens is 298 g/mol. The van der Waals surface area contributed by atoms with Crippen molar-refractivity contribution in [3.8, 4) is 0 Å². The molecule has 0 saturated heterocycles. The minimum atomic E-state index is 0.695. The fourth-order valence-corrected chi connectivity index (χ4v) is 4.94. The molecule has 1 aliphatic rings. The van der Waals surface area contributed by atoms with Gasteiger partial charge in [-0.15, -0.1) is 0 Å². The number of benzene rings is 1. The Balaban J connectivity index is 1.90. The van der Waals surface area contributed by atoms with Crippen LogP contribution in [0.1, 0.15) is 51.5 Å². The first-order valence-corrected chi connectivity index (χ1v) is 9.75. The van der Waals surface area contributed by atoms with Gasteiger partial charge in [-0.1, -0.05) is 50.4 Å². The number of rotatable bonds is 7. The molecule has 0 aliphatic heterocycles. The summed E-state index contributed by atoms with van der Waals surface area (Å²) in [5.41, 5.74) is 1.39. The summed E-state index contributed by atoms with van der Waals surface area (Å²) in [6.07, 6.45) is 6.85.